The van der Waals surface area contributed by atoms with E-state index in [9.17, 15) is 13.5 Å². The first-order chi connectivity index (χ1) is 9.32. The summed E-state index contributed by atoms with van der Waals surface area (Å²) in [6, 6.07) is 3.95. The van der Waals surface area contributed by atoms with Crippen LogP contribution in [0.25, 0.3) is 0 Å². The van der Waals surface area contributed by atoms with Gasteiger partial charge in [0.1, 0.15) is 5.75 Å². The van der Waals surface area contributed by atoms with Gasteiger partial charge in [0.15, 0.2) is 0 Å². The fourth-order valence-corrected chi connectivity index (χ4v) is 3.90. The maximum absolute atomic E-state index is 12.6. The number of likely N-dealkylation sites (N-methyl/N-ethyl adjacent to an activating group) is 2. The molecule has 1 aliphatic heterocycles. The van der Waals surface area contributed by atoms with E-state index in [4.69, 9.17) is 5.73 Å². The van der Waals surface area contributed by atoms with Crippen LogP contribution >= 0.6 is 0 Å². The third kappa shape index (κ3) is 2.89. The van der Waals surface area contributed by atoms with Crippen LogP contribution in [-0.4, -0.2) is 56.0 Å². The van der Waals surface area contributed by atoms with Crippen molar-refractivity contribution in [3.63, 3.8) is 0 Å². The molecule has 7 heteroatoms. The largest absolute Gasteiger partial charge is 0.506 e. The van der Waals surface area contributed by atoms with Gasteiger partial charge in [0, 0.05) is 19.6 Å². The monoisotopic (exact) mass is 299 g/mol. The van der Waals surface area contributed by atoms with Gasteiger partial charge in [-0.25, -0.2) is 8.42 Å². The van der Waals surface area contributed by atoms with Gasteiger partial charge in [-0.05, 0) is 44.6 Å². The number of nitrogens with two attached hydrogens (primary N) is 1. The smallest absolute Gasteiger partial charge is 0.243 e. The summed E-state index contributed by atoms with van der Waals surface area (Å²) in [6.45, 7) is 1.72. The number of rotatable bonds is 3. The first kappa shape index (κ1) is 15.1. The molecule has 0 aromatic heterocycles. The lowest BCUT2D eigenvalue weighted by molar-refractivity contribution is 0.187. The highest BCUT2D eigenvalue weighted by molar-refractivity contribution is 7.89. The predicted octanol–water partition coefficient (Wildman–Crippen LogP) is 0.689. The second kappa shape index (κ2) is 5.59. The second-order valence-electron chi connectivity index (χ2n) is 5.30. The molecule has 1 aromatic rings. The van der Waals surface area contributed by atoms with Crippen LogP contribution in [0.4, 0.5) is 5.69 Å². The molecule has 112 valence electrons. The van der Waals surface area contributed by atoms with Crippen LogP contribution in [0.15, 0.2) is 23.1 Å². The molecular weight excluding hydrogens is 278 g/mol. The molecule has 0 spiro atoms. The Labute approximate surface area is 119 Å². The Morgan fingerprint density at radius 2 is 2.15 bits per heavy atom. The van der Waals surface area contributed by atoms with Gasteiger partial charge < -0.3 is 15.7 Å². The van der Waals surface area contributed by atoms with Gasteiger partial charge in [-0.2, -0.15) is 4.31 Å². The molecule has 3 N–H and O–H groups in total. The number of hydrogen-bond donors (Lipinski definition) is 2. The van der Waals surface area contributed by atoms with E-state index in [0.29, 0.717) is 0 Å². The maximum atomic E-state index is 12.6. The van der Waals surface area contributed by atoms with Crippen LogP contribution in [0.1, 0.15) is 12.8 Å². The van der Waals surface area contributed by atoms with Crippen LogP contribution < -0.4 is 5.73 Å². The van der Waals surface area contributed by atoms with Gasteiger partial charge in [0.2, 0.25) is 10.0 Å². The lowest BCUT2D eigenvalue weighted by Crippen LogP contribution is -2.47. The summed E-state index contributed by atoms with van der Waals surface area (Å²) in [4.78, 5) is 2.24. The SMILES string of the molecule is CN1CCCC(N(C)S(=O)(=O)c2ccc(O)c(N)c2)C1. The van der Waals surface area contributed by atoms with Crippen molar-refractivity contribution in [1.82, 2.24) is 9.21 Å². The Morgan fingerprint density at radius 3 is 2.75 bits per heavy atom. The Morgan fingerprint density at radius 1 is 1.45 bits per heavy atom. The molecule has 2 rings (SSSR count). The molecule has 1 aromatic carbocycles. The lowest BCUT2D eigenvalue weighted by Gasteiger charge is -2.35. The quantitative estimate of drug-likeness (QED) is 0.633. The van der Waals surface area contributed by atoms with Crippen molar-refractivity contribution in [2.45, 2.75) is 23.8 Å². The zero-order valence-corrected chi connectivity index (χ0v) is 12.6. The van der Waals surface area contributed by atoms with Crippen molar-refractivity contribution in [2.24, 2.45) is 0 Å². The molecule has 0 bridgehead atoms. The molecule has 6 nitrogen and oxygen atoms in total. The molecule has 1 saturated heterocycles. The standard InChI is InChI=1S/C13H21N3O3S/c1-15-7-3-4-10(9-15)16(2)20(18,19)11-5-6-13(17)12(14)8-11/h5-6,8,10,17H,3-4,7,9,14H2,1-2H3. The molecule has 0 amide bonds. The van der Waals surface area contributed by atoms with Gasteiger partial charge in [-0.1, -0.05) is 0 Å². The fraction of sp³-hybridized carbons (Fsp3) is 0.538. The van der Waals surface area contributed by atoms with Crippen molar-refractivity contribution < 1.29 is 13.5 Å². The van der Waals surface area contributed by atoms with Gasteiger partial charge in [0.05, 0.1) is 10.6 Å². The van der Waals surface area contributed by atoms with Crippen LogP contribution in [0.2, 0.25) is 0 Å². The zero-order chi connectivity index (χ0) is 14.9. The third-order valence-electron chi connectivity index (χ3n) is 3.79. The van der Waals surface area contributed by atoms with Crippen molar-refractivity contribution >= 4 is 15.7 Å². The number of phenolic OH excluding ortho intramolecular Hbond substituents is 1. The number of nitrogens with zero attached hydrogens (tertiary/aromatic N) is 2. The summed E-state index contributed by atoms with van der Waals surface area (Å²) in [5.74, 6) is -0.107. The Balaban J connectivity index is 2.26. The average molecular weight is 299 g/mol. The number of anilines is 1. The number of benzene rings is 1. The Hall–Kier alpha value is -1.31. The van der Waals surface area contributed by atoms with Gasteiger partial charge in [-0.3, -0.25) is 0 Å². The van der Waals surface area contributed by atoms with E-state index < -0.39 is 10.0 Å². The average Bonchev–Trinajstić information content (AvgIpc) is 2.40. The summed E-state index contributed by atoms with van der Waals surface area (Å²) in [6.07, 6.45) is 1.84. The highest BCUT2D eigenvalue weighted by Gasteiger charge is 2.30. The van der Waals surface area contributed by atoms with Crippen molar-refractivity contribution in [3.05, 3.63) is 18.2 Å². The van der Waals surface area contributed by atoms with Crippen molar-refractivity contribution in [3.8, 4) is 5.75 Å². The van der Waals surface area contributed by atoms with E-state index in [1.54, 1.807) is 7.05 Å². The highest BCUT2D eigenvalue weighted by atomic mass is 32.2. The topological polar surface area (TPSA) is 86.9 Å². The first-order valence-electron chi connectivity index (χ1n) is 6.57. The molecule has 1 aliphatic rings. The minimum atomic E-state index is -3.59. The van der Waals surface area contributed by atoms with Gasteiger partial charge in [-0.15, -0.1) is 0 Å². The Kier molecular flexibility index (Phi) is 4.22. The number of phenols is 1. The van der Waals surface area contributed by atoms with Crippen LogP contribution in [-0.2, 0) is 10.0 Å². The molecule has 0 radical (unpaired) electrons. The van der Waals surface area contributed by atoms with Crippen LogP contribution in [0.3, 0.4) is 0 Å². The summed E-state index contributed by atoms with van der Waals surface area (Å²) in [5, 5.41) is 9.39. The number of aromatic hydroxyl groups is 1. The molecule has 0 saturated carbocycles. The summed E-state index contributed by atoms with van der Waals surface area (Å²) >= 11 is 0. The minimum absolute atomic E-state index is 0.0335. The van der Waals surface area contributed by atoms with Crippen molar-refractivity contribution in [1.29, 1.82) is 0 Å². The van der Waals surface area contributed by atoms with Crippen LogP contribution in [0.5, 0.6) is 5.75 Å². The highest BCUT2D eigenvalue weighted by Crippen LogP contribution is 2.27. The lowest BCUT2D eigenvalue weighted by atomic mass is 10.1. The molecule has 1 fully saturated rings. The molecule has 0 aliphatic carbocycles. The maximum Gasteiger partial charge on any atom is 0.243 e. The fourth-order valence-electron chi connectivity index (χ4n) is 2.49. The number of hydrogen-bond acceptors (Lipinski definition) is 5. The Bertz CT molecular complexity index is 589. The van der Waals surface area contributed by atoms with E-state index in [2.05, 4.69) is 4.90 Å². The summed E-state index contributed by atoms with van der Waals surface area (Å²) in [7, 11) is 0.00490. The van der Waals surface area contributed by atoms with E-state index in [-0.39, 0.29) is 22.4 Å². The summed E-state index contributed by atoms with van der Waals surface area (Å²) in [5.41, 5.74) is 5.65. The van der Waals surface area contributed by atoms with E-state index in [0.717, 1.165) is 25.9 Å². The molecule has 1 heterocycles. The van der Waals surface area contributed by atoms with E-state index >= 15 is 0 Å². The normalized spacial score (nSPS) is 21.2. The van der Waals surface area contributed by atoms with Crippen molar-refractivity contribution in [2.75, 3.05) is 32.9 Å². The third-order valence-corrected chi connectivity index (χ3v) is 5.70. The zero-order valence-electron chi connectivity index (χ0n) is 11.8. The number of sulfonamides is 1. The van der Waals surface area contributed by atoms with E-state index in [1.165, 1.54) is 22.5 Å². The van der Waals surface area contributed by atoms with Crippen LogP contribution in [0, 0.1) is 0 Å². The number of likely N-dealkylation sites (tertiary alicyclic amines) is 1. The number of nitrogen functional groups attached to an aromatic ring is 1. The van der Waals surface area contributed by atoms with Gasteiger partial charge >= 0.3 is 0 Å². The second-order valence-corrected chi connectivity index (χ2v) is 7.30. The first-order valence-corrected chi connectivity index (χ1v) is 8.01. The van der Waals surface area contributed by atoms with E-state index in [1.807, 2.05) is 7.05 Å². The molecular formula is C13H21N3O3S. The summed E-state index contributed by atoms with van der Waals surface area (Å²) < 4.78 is 26.6. The molecule has 1 unspecified atom stereocenters. The molecule has 1 atom stereocenters. The van der Waals surface area contributed by atoms with Gasteiger partial charge in [0.25, 0.3) is 0 Å². The molecule has 20 heavy (non-hydrogen) atoms. The minimum Gasteiger partial charge on any atom is -0.506 e. The number of piperidine rings is 1. The predicted molar refractivity (Wildman–Crippen MR) is 78.0 cm³/mol.